The molecule has 5 heteroatoms. The van der Waals surface area contributed by atoms with Gasteiger partial charge >= 0.3 is 5.97 Å². The number of hydrogen-bond donors (Lipinski definition) is 1. The highest BCUT2D eigenvalue weighted by atomic mass is 16.5. The van der Waals surface area contributed by atoms with Crippen molar-refractivity contribution in [3.05, 3.63) is 29.8 Å². The Morgan fingerprint density at radius 3 is 2.44 bits per heavy atom. The molecule has 0 aliphatic carbocycles. The third-order valence-corrected chi connectivity index (χ3v) is 3.08. The van der Waals surface area contributed by atoms with Crippen LogP contribution in [0, 0.1) is 0 Å². The first-order chi connectivity index (χ1) is 8.72. The highest BCUT2D eigenvalue weighted by Crippen LogP contribution is 2.24. The second kappa shape index (κ2) is 5.84. The predicted octanol–water partition coefficient (Wildman–Crippen LogP) is 1.15. The first kappa shape index (κ1) is 12.9. The summed E-state index contributed by atoms with van der Waals surface area (Å²) in [7, 11) is 1.59. The van der Waals surface area contributed by atoms with Gasteiger partial charge in [-0.1, -0.05) is 12.1 Å². The van der Waals surface area contributed by atoms with Crippen molar-refractivity contribution >= 4 is 5.97 Å². The van der Waals surface area contributed by atoms with E-state index in [1.165, 1.54) is 0 Å². The Labute approximate surface area is 106 Å². The van der Waals surface area contributed by atoms with E-state index in [-0.39, 0.29) is 0 Å². The van der Waals surface area contributed by atoms with Gasteiger partial charge in [-0.15, -0.1) is 0 Å². The molecule has 0 bridgehead atoms. The fraction of sp³-hybridized carbons (Fsp3) is 0.462. The molecule has 0 unspecified atom stereocenters. The molecule has 1 fully saturated rings. The number of carboxylic acid groups (broad SMARTS) is 1. The number of methoxy groups -OCH3 is 1. The Morgan fingerprint density at radius 2 is 1.94 bits per heavy atom. The van der Waals surface area contributed by atoms with Crippen LogP contribution in [0.2, 0.25) is 0 Å². The van der Waals surface area contributed by atoms with E-state index in [9.17, 15) is 9.90 Å². The molecule has 0 saturated carbocycles. The van der Waals surface area contributed by atoms with Crippen LogP contribution in [0.1, 0.15) is 11.6 Å². The van der Waals surface area contributed by atoms with Crippen molar-refractivity contribution in [1.82, 2.24) is 4.90 Å². The van der Waals surface area contributed by atoms with Gasteiger partial charge in [0.25, 0.3) is 0 Å². The van der Waals surface area contributed by atoms with Gasteiger partial charge in [0, 0.05) is 13.1 Å². The molecule has 1 saturated heterocycles. The number of aliphatic carboxylic acids is 1. The third-order valence-electron chi connectivity index (χ3n) is 3.08. The summed E-state index contributed by atoms with van der Waals surface area (Å²) < 4.78 is 10.3. The second-order valence-electron chi connectivity index (χ2n) is 4.16. The highest BCUT2D eigenvalue weighted by Gasteiger charge is 2.28. The molecule has 98 valence electrons. The number of morpholine rings is 1. The lowest BCUT2D eigenvalue weighted by atomic mass is 10.0. The van der Waals surface area contributed by atoms with Crippen molar-refractivity contribution in [2.45, 2.75) is 6.04 Å². The van der Waals surface area contributed by atoms with Crippen molar-refractivity contribution in [2.24, 2.45) is 0 Å². The van der Waals surface area contributed by atoms with Crippen LogP contribution < -0.4 is 4.74 Å². The summed E-state index contributed by atoms with van der Waals surface area (Å²) in [6.45, 7) is 2.45. The van der Waals surface area contributed by atoms with Crippen molar-refractivity contribution in [3.63, 3.8) is 0 Å². The average molecular weight is 251 g/mol. The molecule has 5 nitrogen and oxygen atoms in total. The molecule has 0 aromatic heterocycles. The molecule has 0 radical (unpaired) electrons. The van der Waals surface area contributed by atoms with Crippen LogP contribution in [0.25, 0.3) is 0 Å². The Bertz CT molecular complexity index is 398. The number of benzene rings is 1. The van der Waals surface area contributed by atoms with Crippen LogP contribution in [-0.4, -0.2) is 49.4 Å². The monoisotopic (exact) mass is 251 g/mol. The molecular weight excluding hydrogens is 234 g/mol. The fourth-order valence-electron chi connectivity index (χ4n) is 2.13. The number of carboxylic acids is 1. The minimum atomic E-state index is -0.831. The molecule has 1 aromatic rings. The molecule has 0 amide bonds. The fourth-order valence-corrected chi connectivity index (χ4v) is 2.13. The van der Waals surface area contributed by atoms with Crippen molar-refractivity contribution in [3.8, 4) is 5.75 Å². The smallest absolute Gasteiger partial charge is 0.325 e. The highest BCUT2D eigenvalue weighted by molar-refractivity contribution is 5.75. The van der Waals surface area contributed by atoms with Crippen LogP contribution in [0.5, 0.6) is 5.75 Å². The van der Waals surface area contributed by atoms with Crippen LogP contribution >= 0.6 is 0 Å². The zero-order valence-corrected chi connectivity index (χ0v) is 10.3. The third kappa shape index (κ3) is 2.80. The van der Waals surface area contributed by atoms with Crippen molar-refractivity contribution in [1.29, 1.82) is 0 Å². The molecule has 1 N–H and O–H groups in total. The van der Waals surface area contributed by atoms with Crippen LogP contribution in [0.15, 0.2) is 24.3 Å². The maximum absolute atomic E-state index is 11.4. The number of nitrogens with zero attached hydrogens (tertiary/aromatic N) is 1. The first-order valence-corrected chi connectivity index (χ1v) is 5.91. The standard InChI is InChI=1S/C13H17NO4/c1-17-11-4-2-10(3-5-11)12(13(15)16)14-6-8-18-9-7-14/h2-5,12H,6-9H2,1H3,(H,15,16)/t12-/m1/s1. The van der Waals surface area contributed by atoms with E-state index in [0.29, 0.717) is 26.3 Å². The van der Waals surface area contributed by atoms with Crippen LogP contribution in [-0.2, 0) is 9.53 Å². The van der Waals surface area contributed by atoms with E-state index < -0.39 is 12.0 Å². The van der Waals surface area contributed by atoms with Gasteiger partial charge < -0.3 is 14.6 Å². The largest absolute Gasteiger partial charge is 0.497 e. The van der Waals surface area contributed by atoms with E-state index in [1.54, 1.807) is 31.4 Å². The van der Waals surface area contributed by atoms with Gasteiger partial charge in [-0.3, -0.25) is 9.69 Å². The van der Waals surface area contributed by atoms with Gasteiger partial charge in [0.15, 0.2) is 0 Å². The zero-order valence-electron chi connectivity index (χ0n) is 10.3. The Hall–Kier alpha value is -1.59. The number of carbonyl (C=O) groups is 1. The summed E-state index contributed by atoms with van der Waals surface area (Å²) in [5.41, 5.74) is 0.769. The van der Waals surface area contributed by atoms with E-state index in [1.807, 2.05) is 4.90 Å². The Kier molecular flexibility index (Phi) is 4.17. The van der Waals surface area contributed by atoms with Gasteiger partial charge in [0.1, 0.15) is 11.8 Å². The molecule has 1 heterocycles. The summed E-state index contributed by atoms with van der Waals surface area (Å²) in [6.07, 6.45) is 0. The molecule has 1 aromatic carbocycles. The average Bonchev–Trinajstić information content (AvgIpc) is 2.40. The van der Waals surface area contributed by atoms with Crippen molar-refractivity contribution in [2.75, 3.05) is 33.4 Å². The maximum atomic E-state index is 11.4. The second-order valence-corrected chi connectivity index (χ2v) is 4.16. The summed E-state index contributed by atoms with van der Waals surface area (Å²) in [5.74, 6) is -0.105. The van der Waals surface area contributed by atoms with Gasteiger partial charge in [0.05, 0.1) is 20.3 Å². The topological polar surface area (TPSA) is 59.0 Å². The SMILES string of the molecule is COc1ccc([C@H](C(=O)O)N2CCOCC2)cc1. The summed E-state index contributed by atoms with van der Waals surface area (Å²) >= 11 is 0. The summed E-state index contributed by atoms with van der Waals surface area (Å²) in [5, 5.41) is 9.39. The van der Waals surface area contributed by atoms with E-state index >= 15 is 0 Å². The molecule has 1 aliphatic heterocycles. The number of rotatable bonds is 4. The lowest BCUT2D eigenvalue weighted by Crippen LogP contribution is -2.42. The molecular formula is C13H17NO4. The predicted molar refractivity (Wildman–Crippen MR) is 65.8 cm³/mol. The quantitative estimate of drug-likeness (QED) is 0.870. The van der Waals surface area contributed by atoms with Gasteiger partial charge in [-0.25, -0.2) is 0 Å². The Balaban J connectivity index is 2.20. The zero-order chi connectivity index (χ0) is 13.0. The molecule has 2 rings (SSSR count). The van der Waals surface area contributed by atoms with Crippen molar-refractivity contribution < 1.29 is 19.4 Å². The van der Waals surface area contributed by atoms with E-state index in [4.69, 9.17) is 9.47 Å². The minimum absolute atomic E-state index is 0.583. The Morgan fingerprint density at radius 1 is 1.33 bits per heavy atom. The lowest BCUT2D eigenvalue weighted by molar-refractivity contribution is -0.145. The van der Waals surface area contributed by atoms with E-state index in [2.05, 4.69) is 0 Å². The normalized spacial score (nSPS) is 18.3. The lowest BCUT2D eigenvalue weighted by Gasteiger charge is -2.32. The van der Waals surface area contributed by atoms with Gasteiger partial charge in [0.2, 0.25) is 0 Å². The molecule has 1 atom stereocenters. The molecule has 1 aliphatic rings. The van der Waals surface area contributed by atoms with E-state index in [0.717, 1.165) is 11.3 Å². The van der Waals surface area contributed by atoms with Gasteiger partial charge in [-0.2, -0.15) is 0 Å². The minimum Gasteiger partial charge on any atom is -0.497 e. The van der Waals surface area contributed by atoms with Gasteiger partial charge in [-0.05, 0) is 17.7 Å². The van der Waals surface area contributed by atoms with Crippen LogP contribution in [0.4, 0.5) is 0 Å². The molecule has 0 spiro atoms. The van der Waals surface area contributed by atoms with Crippen LogP contribution in [0.3, 0.4) is 0 Å². The first-order valence-electron chi connectivity index (χ1n) is 5.91. The number of ether oxygens (including phenoxy) is 2. The number of hydrogen-bond acceptors (Lipinski definition) is 4. The molecule has 18 heavy (non-hydrogen) atoms. The summed E-state index contributed by atoms with van der Waals surface area (Å²) in [4.78, 5) is 13.4. The summed E-state index contributed by atoms with van der Waals surface area (Å²) in [6, 6.07) is 6.55. The maximum Gasteiger partial charge on any atom is 0.325 e.